The molecule has 0 fully saturated rings. The van der Waals surface area contributed by atoms with Gasteiger partial charge in [-0.15, -0.1) is 0 Å². The summed E-state index contributed by atoms with van der Waals surface area (Å²) in [6.07, 6.45) is 0. The molecule has 0 saturated carbocycles. The fourth-order valence-corrected chi connectivity index (χ4v) is 0.204. The third-order valence-electron chi connectivity index (χ3n) is 0.401. The first-order valence-electron chi connectivity index (χ1n) is 1.82. The maximum absolute atomic E-state index is 11.7. The van der Waals surface area contributed by atoms with Gasteiger partial charge in [0.25, 0.3) is 0 Å². The molecule has 0 spiro atoms. The SMILES string of the molecule is CC#C/C(F)=C(\F)Cl. The van der Waals surface area contributed by atoms with Gasteiger partial charge < -0.3 is 0 Å². The molecule has 0 N–H and O–H groups in total. The van der Waals surface area contributed by atoms with E-state index in [0.717, 1.165) is 0 Å². The summed E-state index contributed by atoms with van der Waals surface area (Å²) in [6, 6.07) is 0. The highest BCUT2D eigenvalue weighted by molar-refractivity contribution is 6.28. The van der Waals surface area contributed by atoms with E-state index in [1.165, 1.54) is 6.92 Å². The van der Waals surface area contributed by atoms with Crippen molar-refractivity contribution in [3.63, 3.8) is 0 Å². The van der Waals surface area contributed by atoms with Crippen LogP contribution in [0, 0.1) is 11.8 Å². The molecule has 0 aromatic rings. The minimum atomic E-state index is -1.39. The number of rotatable bonds is 0. The van der Waals surface area contributed by atoms with Crippen molar-refractivity contribution in [2.24, 2.45) is 0 Å². The fourth-order valence-electron chi connectivity index (χ4n) is 0.157. The second-order valence-corrected chi connectivity index (χ2v) is 1.28. The molecule has 0 heterocycles. The minimum Gasteiger partial charge on any atom is -0.193 e. The van der Waals surface area contributed by atoms with Crippen LogP contribution in [-0.2, 0) is 0 Å². The fraction of sp³-hybridized carbons (Fsp3) is 0.200. The van der Waals surface area contributed by atoms with E-state index in [1.807, 2.05) is 0 Å². The smallest absolute Gasteiger partial charge is 0.193 e. The first kappa shape index (κ1) is 7.45. The first-order chi connectivity index (χ1) is 3.68. The average molecular weight is 137 g/mol. The molecule has 0 aliphatic rings. The van der Waals surface area contributed by atoms with Crippen LogP contribution in [0.1, 0.15) is 6.92 Å². The van der Waals surface area contributed by atoms with Gasteiger partial charge in [0.15, 0.2) is 0 Å². The van der Waals surface area contributed by atoms with E-state index in [9.17, 15) is 8.78 Å². The van der Waals surface area contributed by atoms with E-state index in [4.69, 9.17) is 0 Å². The van der Waals surface area contributed by atoms with Crippen LogP contribution >= 0.6 is 11.6 Å². The second-order valence-electron chi connectivity index (χ2n) is 0.949. The minimum absolute atomic E-state index is 1.21. The van der Waals surface area contributed by atoms with Crippen molar-refractivity contribution in [3.8, 4) is 11.8 Å². The largest absolute Gasteiger partial charge is 0.233 e. The molecule has 0 bridgehead atoms. The molecule has 8 heavy (non-hydrogen) atoms. The van der Waals surface area contributed by atoms with Gasteiger partial charge in [-0.05, 0) is 24.4 Å². The normalized spacial score (nSPS) is 11.5. The number of hydrogen-bond acceptors (Lipinski definition) is 0. The van der Waals surface area contributed by atoms with Gasteiger partial charge in [0.1, 0.15) is 0 Å². The number of hydrogen-bond donors (Lipinski definition) is 0. The summed E-state index contributed by atoms with van der Waals surface area (Å²) < 4.78 is 23.2. The van der Waals surface area contributed by atoms with Crippen molar-refractivity contribution >= 4 is 11.6 Å². The van der Waals surface area contributed by atoms with E-state index in [-0.39, 0.29) is 0 Å². The Balaban J connectivity index is 4.16. The molecular weight excluding hydrogens is 134 g/mol. The molecule has 0 saturated heterocycles. The summed E-state index contributed by atoms with van der Waals surface area (Å²) in [5.74, 6) is 2.73. The zero-order valence-corrected chi connectivity index (χ0v) is 4.89. The van der Waals surface area contributed by atoms with Gasteiger partial charge in [-0.1, -0.05) is 5.92 Å². The Bertz CT molecular complexity index is 157. The summed E-state index contributed by atoms with van der Waals surface area (Å²) in [6.45, 7) is 1.39. The molecule has 0 aliphatic carbocycles. The van der Waals surface area contributed by atoms with Gasteiger partial charge in [-0.2, -0.15) is 8.78 Å². The van der Waals surface area contributed by atoms with Crippen LogP contribution in [-0.4, -0.2) is 0 Å². The third kappa shape index (κ3) is 2.59. The predicted octanol–water partition coefficient (Wildman–Crippen LogP) is 2.36. The van der Waals surface area contributed by atoms with Gasteiger partial charge in [0.05, 0.1) is 0 Å². The Morgan fingerprint density at radius 2 is 2.00 bits per heavy atom. The lowest BCUT2D eigenvalue weighted by Crippen LogP contribution is -1.64. The molecular formula is C5H3ClF2. The zero-order chi connectivity index (χ0) is 6.57. The highest BCUT2D eigenvalue weighted by Gasteiger charge is 1.94. The van der Waals surface area contributed by atoms with E-state index in [0.29, 0.717) is 0 Å². The summed E-state index contributed by atoms with van der Waals surface area (Å²) >= 11 is 4.54. The van der Waals surface area contributed by atoms with Crippen LogP contribution in [0.4, 0.5) is 8.78 Å². The van der Waals surface area contributed by atoms with Crippen LogP contribution in [0.15, 0.2) is 11.1 Å². The Morgan fingerprint density at radius 1 is 1.50 bits per heavy atom. The van der Waals surface area contributed by atoms with E-state index < -0.39 is 11.1 Å². The van der Waals surface area contributed by atoms with Crippen LogP contribution in [0.5, 0.6) is 0 Å². The summed E-state index contributed by atoms with van der Waals surface area (Å²) in [4.78, 5) is 0. The van der Waals surface area contributed by atoms with E-state index >= 15 is 0 Å². The maximum atomic E-state index is 11.7. The summed E-state index contributed by atoms with van der Waals surface area (Å²) in [7, 11) is 0. The van der Waals surface area contributed by atoms with E-state index in [1.54, 1.807) is 5.92 Å². The quantitative estimate of drug-likeness (QED) is 0.449. The lowest BCUT2D eigenvalue weighted by molar-refractivity contribution is 0.596. The van der Waals surface area contributed by atoms with Gasteiger partial charge in [-0.3, -0.25) is 0 Å². The van der Waals surface area contributed by atoms with Crippen molar-refractivity contribution in [2.75, 3.05) is 0 Å². The lowest BCUT2D eigenvalue weighted by Gasteiger charge is -1.76. The average Bonchev–Trinajstić information content (AvgIpc) is 1.67. The third-order valence-corrected chi connectivity index (χ3v) is 0.567. The van der Waals surface area contributed by atoms with Crippen molar-refractivity contribution in [2.45, 2.75) is 6.92 Å². The highest BCUT2D eigenvalue weighted by atomic mass is 35.5. The second kappa shape index (κ2) is 3.45. The first-order valence-corrected chi connectivity index (χ1v) is 2.19. The topological polar surface area (TPSA) is 0 Å². The van der Waals surface area contributed by atoms with E-state index in [2.05, 4.69) is 17.5 Å². The zero-order valence-electron chi connectivity index (χ0n) is 4.13. The molecule has 3 heteroatoms. The molecule has 0 atom stereocenters. The summed E-state index contributed by atoms with van der Waals surface area (Å²) in [5, 5.41) is -1.39. The van der Waals surface area contributed by atoms with Gasteiger partial charge in [0.2, 0.25) is 11.1 Å². The Labute approximate surface area is 51.1 Å². The van der Waals surface area contributed by atoms with Gasteiger partial charge >= 0.3 is 0 Å². The van der Waals surface area contributed by atoms with Crippen molar-refractivity contribution in [3.05, 3.63) is 11.1 Å². The number of halogens is 3. The standard InChI is InChI=1S/C5H3ClF2/c1-2-3-4(7)5(6)8/h1H3/b5-4+. The lowest BCUT2D eigenvalue weighted by atomic mass is 10.5. The molecule has 44 valence electrons. The predicted molar refractivity (Wildman–Crippen MR) is 28.5 cm³/mol. The molecule has 0 nitrogen and oxygen atoms in total. The monoisotopic (exact) mass is 136 g/mol. The van der Waals surface area contributed by atoms with Crippen molar-refractivity contribution in [1.29, 1.82) is 0 Å². The molecule has 0 amide bonds. The molecule has 0 unspecified atom stereocenters. The Hall–Kier alpha value is -0.550. The van der Waals surface area contributed by atoms with Crippen LogP contribution in [0.2, 0.25) is 0 Å². The number of allylic oxidation sites excluding steroid dienone is 1. The molecule has 0 radical (unpaired) electrons. The maximum Gasteiger partial charge on any atom is 0.233 e. The van der Waals surface area contributed by atoms with Crippen LogP contribution in [0.3, 0.4) is 0 Å². The molecule has 0 aromatic heterocycles. The van der Waals surface area contributed by atoms with Crippen LogP contribution in [0.25, 0.3) is 0 Å². The van der Waals surface area contributed by atoms with Crippen LogP contribution < -0.4 is 0 Å². The Morgan fingerprint density at radius 3 is 2.12 bits per heavy atom. The van der Waals surface area contributed by atoms with Crippen molar-refractivity contribution in [1.82, 2.24) is 0 Å². The Kier molecular flexibility index (Phi) is 3.21. The summed E-state index contributed by atoms with van der Waals surface area (Å²) in [5.41, 5.74) is 0. The van der Waals surface area contributed by atoms with Gasteiger partial charge in [-0.25, -0.2) is 0 Å². The highest BCUT2D eigenvalue weighted by Crippen LogP contribution is 2.09. The van der Waals surface area contributed by atoms with Crippen molar-refractivity contribution < 1.29 is 8.78 Å². The molecule has 0 aromatic carbocycles. The molecule has 0 rings (SSSR count). The molecule has 0 aliphatic heterocycles. The van der Waals surface area contributed by atoms with Gasteiger partial charge in [0, 0.05) is 0 Å².